The summed E-state index contributed by atoms with van der Waals surface area (Å²) in [7, 11) is -2.89. The smallest absolute Gasteiger partial charge is 0.368 e. The molecular formula is C14H19NO5S. The molecule has 1 aromatic carbocycles. The molecule has 0 heterocycles. The van der Waals surface area contributed by atoms with Crippen LogP contribution in [0.5, 0.6) is 0 Å². The van der Waals surface area contributed by atoms with E-state index in [2.05, 4.69) is 17.0 Å². The molecular weight excluding hydrogens is 294 g/mol. The van der Waals surface area contributed by atoms with Crippen LogP contribution in [-0.2, 0) is 19.6 Å². The summed E-state index contributed by atoms with van der Waals surface area (Å²) < 4.78 is 35.7. The number of hydrogen-bond acceptors (Lipinski definition) is 5. The van der Waals surface area contributed by atoms with E-state index in [0.29, 0.717) is 0 Å². The fourth-order valence-corrected chi connectivity index (χ4v) is 2.25. The third-order valence-corrected chi connectivity index (χ3v) is 4.17. The molecule has 0 bridgehead atoms. The predicted octanol–water partition coefficient (Wildman–Crippen LogP) is 0.245. The number of hydrogen-bond donors (Lipinski definition) is 1. The van der Waals surface area contributed by atoms with Gasteiger partial charge in [0.2, 0.25) is 0 Å². The molecule has 1 aromatic rings. The number of benzene rings is 1. The van der Waals surface area contributed by atoms with Crippen molar-refractivity contribution in [3.8, 4) is 0 Å². The summed E-state index contributed by atoms with van der Waals surface area (Å²) in [5, 5.41) is 0. The fourth-order valence-electron chi connectivity index (χ4n) is 1.79. The Bertz CT molecular complexity index is 623. The lowest BCUT2D eigenvalue weighted by molar-refractivity contribution is -0.428. The van der Waals surface area contributed by atoms with Gasteiger partial charge in [-0.1, -0.05) is 23.8 Å². The minimum absolute atomic E-state index is 0.178. The van der Waals surface area contributed by atoms with Crippen LogP contribution in [0.1, 0.15) is 12.0 Å². The standard InChI is InChI=1S/C7H11NO2.C7H8O3S/c1-3-5-4-7(5,8)6(9)10-2;1-6-2-4-7(5-3-6)11(8,9)10/h3,5H,1,4,8H2,2H3;2-5H,1H3,(H,8,9,10)/t5?,7-;/m1./s1. The SMILES string of the molecule is C=CC1C[C@]1([NH3+])C(=O)OC.Cc1ccc(S(=O)(=O)[O-])cc1. The van der Waals surface area contributed by atoms with Crippen molar-refractivity contribution in [2.24, 2.45) is 5.92 Å². The fraction of sp³-hybridized carbons (Fsp3) is 0.357. The first kappa shape index (κ1) is 17.4. The molecule has 0 aliphatic heterocycles. The number of methoxy groups -OCH3 is 1. The lowest BCUT2D eigenvalue weighted by atomic mass is 10.2. The van der Waals surface area contributed by atoms with Crippen LogP contribution in [-0.4, -0.2) is 31.6 Å². The van der Waals surface area contributed by atoms with E-state index in [-0.39, 0.29) is 16.8 Å². The van der Waals surface area contributed by atoms with Gasteiger partial charge in [-0.05, 0) is 19.1 Å². The number of rotatable bonds is 3. The first-order valence-corrected chi connectivity index (χ1v) is 7.65. The Morgan fingerprint density at radius 2 is 2.00 bits per heavy atom. The van der Waals surface area contributed by atoms with Gasteiger partial charge in [-0.2, -0.15) is 0 Å². The van der Waals surface area contributed by atoms with Crippen molar-refractivity contribution in [1.82, 2.24) is 0 Å². The molecule has 1 aliphatic rings. The topological polar surface area (TPSA) is 111 Å². The van der Waals surface area contributed by atoms with Gasteiger partial charge in [0.05, 0.1) is 12.0 Å². The van der Waals surface area contributed by atoms with Gasteiger partial charge in [0.25, 0.3) is 0 Å². The van der Waals surface area contributed by atoms with E-state index in [1.807, 2.05) is 6.92 Å². The number of carbonyl (C=O) groups is 1. The molecule has 2 atom stereocenters. The highest BCUT2D eigenvalue weighted by Gasteiger charge is 2.61. The van der Waals surface area contributed by atoms with Gasteiger partial charge in [0, 0.05) is 12.3 Å². The second-order valence-corrected chi connectivity index (χ2v) is 6.34. The average molecular weight is 313 g/mol. The van der Waals surface area contributed by atoms with E-state index < -0.39 is 15.7 Å². The molecule has 0 amide bonds. The van der Waals surface area contributed by atoms with Crippen molar-refractivity contribution >= 4 is 16.1 Å². The van der Waals surface area contributed by atoms with Gasteiger partial charge < -0.3 is 15.0 Å². The number of quaternary nitrogens is 1. The molecule has 0 spiro atoms. The summed E-state index contributed by atoms with van der Waals surface area (Å²) in [6, 6.07) is 5.78. The summed E-state index contributed by atoms with van der Waals surface area (Å²) in [5.74, 6) is -0.00245. The first-order chi connectivity index (χ1) is 9.65. The predicted molar refractivity (Wildman–Crippen MR) is 75.1 cm³/mol. The molecule has 21 heavy (non-hydrogen) atoms. The van der Waals surface area contributed by atoms with Crippen molar-refractivity contribution in [2.45, 2.75) is 23.8 Å². The van der Waals surface area contributed by atoms with Gasteiger partial charge in [-0.25, -0.2) is 13.2 Å². The molecule has 1 saturated carbocycles. The maximum atomic E-state index is 10.9. The quantitative estimate of drug-likeness (QED) is 0.488. The Morgan fingerprint density at radius 3 is 2.33 bits per heavy atom. The number of aryl methyl sites for hydroxylation is 1. The third-order valence-electron chi connectivity index (χ3n) is 3.32. The Kier molecular flexibility index (Phi) is 5.27. The van der Waals surface area contributed by atoms with E-state index in [0.717, 1.165) is 12.0 Å². The maximum Gasteiger partial charge on any atom is 0.368 e. The molecule has 0 radical (unpaired) electrons. The molecule has 1 fully saturated rings. The molecule has 0 saturated heterocycles. The van der Waals surface area contributed by atoms with E-state index >= 15 is 0 Å². The Morgan fingerprint density at radius 1 is 1.48 bits per heavy atom. The molecule has 3 N–H and O–H groups in total. The number of carbonyl (C=O) groups excluding carboxylic acids is 1. The van der Waals surface area contributed by atoms with Gasteiger partial charge in [-0.3, -0.25) is 0 Å². The zero-order valence-corrected chi connectivity index (χ0v) is 12.9. The van der Waals surface area contributed by atoms with Crippen molar-refractivity contribution in [2.75, 3.05) is 7.11 Å². The zero-order valence-electron chi connectivity index (χ0n) is 12.0. The molecule has 1 aliphatic carbocycles. The molecule has 116 valence electrons. The molecule has 0 aromatic heterocycles. The lowest BCUT2D eigenvalue weighted by Crippen LogP contribution is -2.69. The average Bonchev–Trinajstić information content (AvgIpc) is 3.10. The van der Waals surface area contributed by atoms with Gasteiger partial charge >= 0.3 is 5.97 Å². The Labute approximate surface area is 124 Å². The van der Waals surface area contributed by atoms with Crippen LogP contribution in [0.4, 0.5) is 0 Å². The maximum absolute atomic E-state index is 10.9. The van der Waals surface area contributed by atoms with Crippen LogP contribution in [0.3, 0.4) is 0 Å². The Hall–Kier alpha value is -1.70. The summed E-state index contributed by atoms with van der Waals surface area (Å²) in [5.41, 5.74) is 4.18. The van der Waals surface area contributed by atoms with E-state index in [1.165, 1.54) is 19.2 Å². The highest BCUT2D eigenvalue weighted by atomic mass is 32.2. The van der Waals surface area contributed by atoms with Gasteiger partial charge in [0.15, 0.2) is 5.54 Å². The van der Waals surface area contributed by atoms with Crippen LogP contribution < -0.4 is 5.73 Å². The van der Waals surface area contributed by atoms with Crippen LogP contribution in [0, 0.1) is 12.8 Å². The lowest BCUT2D eigenvalue weighted by Gasteiger charge is -2.05. The second-order valence-electron chi connectivity index (χ2n) is 4.96. The zero-order chi connectivity index (χ0) is 16.3. The minimum atomic E-state index is -4.27. The summed E-state index contributed by atoms with van der Waals surface area (Å²) in [4.78, 5) is 10.8. The highest BCUT2D eigenvalue weighted by molar-refractivity contribution is 7.85. The van der Waals surface area contributed by atoms with E-state index in [1.54, 1.807) is 18.2 Å². The highest BCUT2D eigenvalue weighted by Crippen LogP contribution is 2.40. The summed E-state index contributed by atoms with van der Waals surface area (Å²) in [6.07, 6.45) is 2.53. The van der Waals surface area contributed by atoms with Crippen molar-refractivity contribution < 1.29 is 28.2 Å². The van der Waals surface area contributed by atoms with Crippen LogP contribution in [0.25, 0.3) is 0 Å². The van der Waals surface area contributed by atoms with Gasteiger partial charge in [-0.15, -0.1) is 6.58 Å². The third kappa shape index (κ3) is 4.38. The van der Waals surface area contributed by atoms with E-state index in [4.69, 9.17) is 0 Å². The summed E-state index contributed by atoms with van der Waals surface area (Å²) >= 11 is 0. The molecule has 7 heteroatoms. The van der Waals surface area contributed by atoms with Crippen LogP contribution >= 0.6 is 0 Å². The first-order valence-electron chi connectivity index (χ1n) is 6.24. The van der Waals surface area contributed by atoms with Crippen LogP contribution in [0.15, 0.2) is 41.8 Å². The Balaban J connectivity index is 0.000000211. The molecule has 6 nitrogen and oxygen atoms in total. The normalized spacial score (nSPS) is 23.5. The number of ether oxygens (including phenoxy) is 1. The summed E-state index contributed by atoms with van der Waals surface area (Å²) in [6.45, 7) is 5.41. The minimum Gasteiger partial charge on any atom is -0.744 e. The van der Waals surface area contributed by atoms with Crippen molar-refractivity contribution in [3.63, 3.8) is 0 Å². The van der Waals surface area contributed by atoms with Crippen LogP contribution in [0.2, 0.25) is 0 Å². The molecule has 1 unspecified atom stereocenters. The monoisotopic (exact) mass is 313 g/mol. The second kappa shape index (κ2) is 6.38. The van der Waals surface area contributed by atoms with Gasteiger partial charge in [0.1, 0.15) is 10.1 Å². The largest absolute Gasteiger partial charge is 0.744 e. The molecule has 2 rings (SSSR count). The van der Waals surface area contributed by atoms with E-state index in [9.17, 15) is 17.8 Å². The number of esters is 1. The van der Waals surface area contributed by atoms with Crippen molar-refractivity contribution in [3.05, 3.63) is 42.5 Å². The van der Waals surface area contributed by atoms with Crippen molar-refractivity contribution in [1.29, 1.82) is 0 Å².